The molecule has 3 rings (SSSR count). The number of methoxy groups -OCH3 is 1. The van der Waals surface area contributed by atoms with E-state index in [1.54, 1.807) is 0 Å². The average Bonchev–Trinajstić information content (AvgIpc) is 2.67. The molecule has 0 aromatic heterocycles. The predicted molar refractivity (Wildman–Crippen MR) is 104 cm³/mol. The number of rotatable bonds is 5. The van der Waals surface area contributed by atoms with E-state index in [1.807, 2.05) is 0 Å². The van der Waals surface area contributed by atoms with Gasteiger partial charge in [-0.25, -0.2) is 0 Å². The Morgan fingerprint density at radius 1 is 0.885 bits per heavy atom. The molecule has 0 aliphatic carbocycles. The van der Waals surface area contributed by atoms with Gasteiger partial charge < -0.3 is 14.5 Å². The monoisotopic (exact) mass is 366 g/mol. The molecule has 3 aliphatic heterocycles. The van der Waals surface area contributed by atoms with Crippen molar-refractivity contribution >= 4 is 5.97 Å². The summed E-state index contributed by atoms with van der Waals surface area (Å²) in [6.45, 7) is 9.49. The van der Waals surface area contributed by atoms with Gasteiger partial charge in [-0.1, -0.05) is 0 Å². The molecule has 3 aliphatic rings. The van der Waals surface area contributed by atoms with Gasteiger partial charge in [0.15, 0.2) is 0 Å². The first-order chi connectivity index (χ1) is 12.6. The van der Waals surface area contributed by atoms with Gasteiger partial charge in [0, 0.05) is 51.2 Å². The summed E-state index contributed by atoms with van der Waals surface area (Å²) in [6.07, 6.45) is 5.36. The van der Waals surface area contributed by atoms with Crippen LogP contribution in [0.4, 0.5) is 0 Å². The molecule has 0 radical (unpaired) electrons. The Hall–Kier alpha value is -0.690. The fourth-order valence-electron chi connectivity index (χ4n) is 5.06. The summed E-state index contributed by atoms with van der Waals surface area (Å²) in [4.78, 5) is 22.0. The molecule has 0 aromatic carbocycles. The number of piperidine rings is 2. The van der Waals surface area contributed by atoms with Crippen LogP contribution in [0.2, 0.25) is 0 Å². The first kappa shape index (κ1) is 20.1. The number of ether oxygens (including phenoxy) is 1. The second-order valence-corrected chi connectivity index (χ2v) is 8.60. The van der Waals surface area contributed by atoms with Crippen LogP contribution < -0.4 is 0 Å². The van der Waals surface area contributed by atoms with Gasteiger partial charge in [-0.05, 0) is 65.3 Å². The summed E-state index contributed by atoms with van der Waals surface area (Å²) in [5.41, 5.74) is 0. The predicted octanol–water partition coefficient (Wildman–Crippen LogP) is 0.972. The maximum absolute atomic E-state index is 11.7. The van der Waals surface area contributed by atoms with Crippen LogP contribution in [0.5, 0.6) is 0 Å². The lowest BCUT2D eigenvalue weighted by atomic mass is 9.85. The lowest BCUT2D eigenvalue weighted by Gasteiger charge is -2.49. The summed E-state index contributed by atoms with van der Waals surface area (Å²) in [5.74, 6) is 0.532. The smallest absolute Gasteiger partial charge is 0.305 e. The van der Waals surface area contributed by atoms with Crippen molar-refractivity contribution in [2.24, 2.45) is 5.92 Å². The maximum Gasteiger partial charge on any atom is 0.305 e. The number of carbonyl (C=O) groups is 1. The molecule has 6 nitrogen and oxygen atoms in total. The molecule has 0 aromatic rings. The molecule has 150 valence electrons. The van der Waals surface area contributed by atoms with E-state index in [0.29, 0.717) is 18.4 Å². The Kier molecular flexibility index (Phi) is 7.32. The van der Waals surface area contributed by atoms with E-state index in [-0.39, 0.29) is 5.97 Å². The maximum atomic E-state index is 11.7. The highest BCUT2D eigenvalue weighted by Gasteiger charge is 2.37. The van der Waals surface area contributed by atoms with Crippen molar-refractivity contribution < 1.29 is 9.53 Å². The van der Waals surface area contributed by atoms with Gasteiger partial charge in [-0.15, -0.1) is 0 Å². The number of hydrogen-bond acceptors (Lipinski definition) is 6. The molecule has 26 heavy (non-hydrogen) atoms. The van der Waals surface area contributed by atoms with Gasteiger partial charge in [0.25, 0.3) is 0 Å². The highest BCUT2D eigenvalue weighted by atomic mass is 16.5. The van der Waals surface area contributed by atoms with Gasteiger partial charge in [0.05, 0.1) is 7.11 Å². The largest absolute Gasteiger partial charge is 0.469 e. The van der Waals surface area contributed by atoms with Gasteiger partial charge in [-0.2, -0.15) is 0 Å². The Balaban J connectivity index is 1.60. The zero-order chi connectivity index (χ0) is 18.5. The van der Waals surface area contributed by atoms with Gasteiger partial charge >= 0.3 is 5.97 Å². The molecule has 2 atom stereocenters. The normalized spacial score (nSPS) is 31.2. The molecule has 0 bridgehead atoms. The van der Waals surface area contributed by atoms with E-state index in [4.69, 9.17) is 4.74 Å². The van der Waals surface area contributed by atoms with Crippen LogP contribution in [-0.4, -0.2) is 111 Å². The van der Waals surface area contributed by atoms with Crippen molar-refractivity contribution in [3.05, 3.63) is 0 Å². The van der Waals surface area contributed by atoms with Crippen LogP contribution in [0.3, 0.4) is 0 Å². The van der Waals surface area contributed by atoms with Crippen LogP contribution in [0.25, 0.3) is 0 Å². The summed E-state index contributed by atoms with van der Waals surface area (Å²) in [6, 6.07) is 1.37. The quantitative estimate of drug-likeness (QED) is 0.675. The van der Waals surface area contributed by atoms with Crippen molar-refractivity contribution in [2.45, 2.75) is 44.2 Å². The molecule has 0 spiro atoms. The number of likely N-dealkylation sites (N-methyl/N-ethyl adjacent to an activating group) is 1. The highest BCUT2D eigenvalue weighted by Crippen LogP contribution is 2.30. The van der Waals surface area contributed by atoms with Crippen LogP contribution in [0.15, 0.2) is 0 Å². The Morgan fingerprint density at radius 2 is 1.54 bits per heavy atom. The molecule has 6 heteroatoms. The SMILES string of the molecule is COC(=O)CCC1CN(C2CCN(C)CC2)CCC1N1CCN(C)CC1. The summed E-state index contributed by atoms with van der Waals surface area (Å²) in [7, 11) is 5.95. The minimum absolute atomic E-state index is 0.0569. The molecular weight excluding hydrogens is 328 g/mol. The molecule has 0 saturated carbocycles. The minimum atomic E-state index is -0.0569. The van der Waals surface area contributed by atoms with Gasteiger partial charge in [0.1, 0.15) is 0 Å². The summed E-state index contributed by atoms with van der Waals surface area (Å²) in [5, 5.41) is 0. The molecular formula is C20H38N4O2. The topological polar surface area (TPSA) is 39.3 Å². The van der Waals surface area contributed by atoms with E-state index in [0.717, 1.165) is 19.0 Å². The summed E-state index contributed by atoms with van der Waals surface area (Å²) < 4.78 is 4.91. The third-order valence-corrected chi connectivity index (χ3v) is 6.88. The van der Waals surface area contributed by atoms with E-state index in [1.165, 1.54) is 72.2 Å². The molecule has 3 fully saturated rings. The number of esters is 1. The van der Waals surface area contributed by atoms with Crippen molar-refractivity contribution in [1.29, 1.82) is 0 Å². The van der Waals surface area contributed by atoms with Crippen molar-refractivity contribution in [3.8, 4) is 0 Å². The fraction of sp³-hybridized carbons (Fsp3) is 0.950. The minimum Gasteiger partial charge on any atom is -0.469 e. The Morgan fingerprint density at radius 3 is 2.19 bits per heavy atom. The zero-order valence-corrected chi connectivity index (χ0v) is 17.0. The molecule has 0 N–H and O–H groups in total. The van der Waals surface area contributed by atoms with Crippen molar-refractivity contribution in [1.82, 2.24) is 19.6 Å². The van der Waals surface area contributed by atoms with Crippen LogP contribution in [0, 0.1) is 5.92 Å². The lowest BCUT2D eigenvalue weighted by molar-refractivity contribution is -0.141. The first-order valence-corrected chi connectivity index (χ1v) is 10.5. The number of piperazine rings is 1. The highest BCUT2D eigenvalue weighted by molar-refractivity contribution is 5.69. The molecule has 3 heterocycles. The van der Waals surface area contributed by atoms with Gasteiger partial charge in [-0.3, -0.25) is 14.6 Å². The standard InChI is InChI=1S/C20H38N4O2/c1-21-9-6-18(7-10-21)24-11-8-19(23-14-12-22(2)13-15-23)17(16-24)4-5-20(25)26-3/h17-19H,4-16H2,1-3H3. The van der Waals surface area contributed by atoms with E-state index in [9.17, 15) is 4.79 Å². The lowest BCUT2D eigenvalue weighted by Crippen LogP contribution is -2.58. The van der Waals surface area contributed by atoms with E-state index in [2.05, 4.69) is 33.7 Å². The second-order valence-electron chi connectivity index (χ2n) is 8.60. The van der Waals surface area contributed by atoms with Crippen LogP contribution in [-0.2, 0) is 9.53 Å². The zero-order valence-electron chi connectivity index (χ0n) is 17.0. The first-order valence-electron chi connectivity index (χ1n) is 10.5. The Labute approximate surface area is 159 Å². The Bertz CT molecular complexity index is 445. The second kappa shape index (κ2) is 9.49. The van der Waals surface area contributed by atoms with Crippen molar-refractivity contribution in [2.75, 3.05) is 73.6 Å². The molecule has 2 unspecified atom stereocenters. The third-order valence-electron chi connectivity index (χ3n) is 6.88. The number of likely N-dealkylation sites (tertiary alicyclic amines) is 2. The number of nitrogens with zero attached hydrogens (tertiary/aromatic N) is 4. The van der Waals surface area contributed by atoms with E-state index < -0.39 is 0 Å². The third kappa shape index (κ3) is 5.18. The summed E-state index contributed by atoms with van der Waals surface area (Å²) >= 11 is 0. The average molecular weight is 367 g/mol. The molecule has 0 amide bonds. The van der Waals surface area contributed by atoms with E-state index >= 15 is 0 Å². The van der Waals surface area contributed by atoms with Gasteiger partial charge in [0.2, 0.25) is 0 Å². The van der Waals surface area contributed by atoms with Crippen molar-refractivity contribution in [3.63, 3.8) is 0 Å². The number of hydrogen-bond donors (Lipinski definition) is 0. The number of carbonyl (C=O) groups excluding carboxylic acids is 1. The van der Waals surface area contributed by atoms with Crippen LogP contribution in [0.1, 0.15) is 32.1 Å². The molecule has 3 saturated heterocycles. The van der Waals surface area contributed by atoms with Crippen LogP contribution >= 0.6 is 0 Å². The fourth-order valence-corrected chi connectivity index (χ4v) is 5.06.